The molecular formula is C28H34ClN3O. The zero-order valence-electron chi connectivity index (χ0n) is 20.4. The van der Waals surface area contributed by atoms with Gasteiger partial charge in [-0.25, -0.2) is 0 Å². The third kappa shape index (κ3) is 5.63. The van der Waals surface area contributed by atoms with Gasteiger partial charge in [-0.1, -0.05) is 87.0 Å². The van der Waals surface area contributed by atoms with Crippen LogP contribution in [-0.4, -0.2) is 16.7 Å². The summed E-state index contributed by atoms with van der Waals surface area (Å²) in [7, 11) is 0. The summed E-state index contributed by atoms with van der Waals surface area (Å²) in [5.41, 5.74) is 12.4. The Bertz CT molecular complexity index is 1150. The van der Waals surface area contributed by atoms with E-state index in [1.54, 1.807) is 0 Å². The summed E-state index contributed by atoms with van der Waals surface area (Å²) in [6.07, 6.45) is 9.10. The second-order valence-electron chi connectivity index (χ2n) is 9.43. The maximum Gasteiger partial charge on any atom is 0.260 e. The van der Waals surface area contributed by atoms with Gasteiger partial charge in [-0.3, -0.25) is 0 Å². The highest BCUT2D eigenvalue weighted by Crippen LogP contribution is 2.37. The number of benzene rings is 2. The van der Waals surface area contributed by atoms with Gasteiger partial charge >= 0.3 is 0 Å². The molecule has 0 amide bonds. The van der Waals surface area contributed by atoms with Gasteiger partial charge in [0.05, 0.1) is 10.6 Å². The normalized spacial score (nSPS) is 13.3. The van der Waals surface area contributed by atoms with E-state index in [0.717, 1.165) is 28.7 Å². The highest BCUT2D eigenvalue weighted by molar-refractivity contribution is 6.33. The predicted molar refractivity (Wildman–Crippen MR) is 139 cm³/mol. The van der Waals surface area contributed by atoms with Gasteiger partial charge in [0.15, 0.2) is 0 Å². The van der Waals surface area contributed by atoms with Crippen LogP contribution in [0, 0.1) is 6.92 Å². The lowest BCUT2D eigenvalue weighted by atomic mass is 9.80. The minimum atomic E-state index is -0.0383. The molecule has 0 aliphatic rings. The fourth-order valence-corrected chi connectivity index (χ4v) is 4.24. The largest absolute Gasteiger partial charge is 0.334 e. The zero-order chi connectivity index (χ0) is 24.2. The van der Waals surface area contributed by atoms with E-state index in [1.807, 2.05) is 44.2 Å². The Kier molecular flexibility index (Phi) is 7.93. The number of hydrogen-bond donors (Lipinski definition) is 1. The van der Waals surface area contributed by atoms with Crippen LogP contribution in [0.3, 0.4) is 0 Å². The van der Waals surface area contributed by atoms with Gasteiger partial charge < -0.3 is 10.3 Å². The van der Waals surface area contributed by atoms with Gasteiger partial charge in [-0.2, -0.15) is 4.98 Å². The molecule has 2 aromatic carbocycles. The number of aryl methyl sites for hydroxylation is 1. The molecule has 0 bridgehead atoms. The molecule has 33 heavy (non-hydrogen) atoms. The van der Waals surface area contributed by atoms with Crippen molar-refractivity contribution in [1.82, 2.24) is 10.1 Å². The van der Waals surface area contributed by atoms with E-state index < -0.39 is 0 Å². The molecule has 0 radical (unpaired) electrons. The summed E-state index contributed by atoms with van der Waals surface area (Å²) in [5, 5.41) is 4.97. The molecule has 3 rings (SSSR count). The molecule has 1 aromatic heterocycles. The molecule has 0 aliphatic carbocycles. The predicted octanol–water partition coefficient (Wildman–Crippen LogP) is 7.40. The number of aromatic nitrogens is 2. The summed E-state index contributed by atoms with van der Waals surface area (Å²) in [5.74, 6) is 1.20. The standard InChI is InChI=1S/C28H34ClN3O/c1-7-8-9-11-18(2)22-16-20(28(4,5)6)17-23(21(22)14-15-30)26-31-27(33-32-26)25-19(3)12-10-13-24(25)29/h7-13,16-18H,14-15,30H2,1-6H3/b8-7-,11-9-. The van der Waals surface area contributed by atoms with Crippen LogP contribution in [0.5, 0.6) is 0 Å². The van der Waals surface area contributed by atoms with Crippen LogP contribution in [0.4, 0.5) is 0 Å². The maximum absolute atomic E-state index is 6.46. The molecule has 2 N–H and O–H groups in total. The molecular weight excluding hydrogens is 430 g/mol. The topological polar surface area (TPSA) is 64.9 Å². The third-order valence-electron chi connectivity index (χ3n) is 5.84. The lowest BCUT2D eigenvalue weighted by molar-refractivity contribution is 0.432. The van der Waals surface area contributed by atoms with Crippen molar-refractivity contribution in [1.29, 1.82) is 0 Å². The van der Waals surface area contributed by atoms with Crippen molar-refractivity contribution in [2.45, 2.75) is 59.3 Å². The van der Waals surface area contributed by atoms with Gasteiger partial charge in [-0.15, -0.1) is 0 Å². The van der Waals surface area contributed by atoms with Crippen molar-refractivity contribution >= 4 is 11.6 Å². The molecule has 1 atom stereocenters. The second kappa shape index (κ2) is 10.5. The summed E-state index contributed by atoms with van der Waals surface area (Å²) >= 11 is 6.46. The molecule has 5 heteroatoms. The zero-order valence-corrected chi connectivity index (χ0v) is 21.2. The van der Waals surface area contributed by atoms with Crippen LogP contribution in [0.2, 0.25) is 5.02 Å². The minimum absolute atomic E-state index is 0.0383. The summed E-state index contributed by atoms with van der Waals surface area (Å²) < 4.78 is 5.71. The van der Waals surface area contributed by atoms with Crippen LogP contribution in [0.15, 0.2) is 59.2 Å². The van der Waals surface area contributed by atoms with E-state index in [2.05, 4.69) is 57.1 Å². The van der Waals surface area contributed by atoms with Gasteiger partial charge in [0.1, 0.15) is 0 Å². The minimum Gasteiger partial charge on any atom is -0.334 e. The lowest BCUT2D eigenvalue weighted by Gasteiger charge is -2.25. The van der Waals surface area contributed by atoms with E-state index in [1.165, 1.54) is 11.1 Å². The van der Waals surface area contributed by atoms with Gasteiger partial charge in [0.2, 0.25) is 5.82 Å². The SMILES string of the molecule is C/C=C\C=C/C(C)c1cc(C(C)(C)C)cc(-c2noc(-c3c(C)cccc3Cl)n2)c1CCN. The third-order valence-corrected chi connectivity index (χ3v) is 6.16. The summed E-state index contributed by atoms with van der Waals surface area (Å²) in [6, 6.07) is 10.2. The van der Waals surface area contributed by atoms with Crippen LogP contribution in [0.25, 0.3) is 22.8 Å². The average Bonchev–Trinajstić information content (AvgIpc) is 3.22. The van der Waals surface area contributed by atoms with Gasteiger partial charge in [-0.05, 0) is 72.5 Å². The fraction of sp³-hybridized carbons (Fsp3) is 0.357. The highest BCUT2D eigenvalue weighted by atomic mass is 35.5. The lowest BCUT2D eigenvalue weighted by Crippen LogP contribution is -2.15. The van der Waals surface area contributed by atoms with E-state index in [4.69, 9.17) is 26.8 Å². The van der Waals surface area contributed by atoms with E-state index in [0.29, 0.717) is 23.3 Å². The first-order chi connectivity index (χ1) is 15.7. The molecule has 1 heterocycles. The molecule has 1 unspecified atom stereocenters. The first-order valence-corrected chi connectivity index (χ1v) is 11.8. The van der Waals surface area contributed by atoms with Crippen molar-refractivity contribution < 1.29 is 4.52 Å². The summed E-state index contributed by atoms with van der Waals surface area (Å²) in [6.45, 7) is 13.4. The van der Waals surface area contributed by atoms with Crippen LogP contribution >= 0.6 is 11.6 Å². The van der Waals surface area contributed by atoms with E-state index in [-0.39, 0.29) is 11.3 Å². The van der Waals surface area contributed by atoms with Crippen LogP contribution in [0.1, 0.15) is 62.8 Å². The summed E-state index contributed by atoms with van der Waals surface area (Å²) in [4.78, 5) is 4.78. The molecule has 0 fully saturated rings. The smallest absolute Gasteiger partial charge is 0.260 e. The van der Waals surface area contributed by atoms with Crippen molar-refractivity contribution in [2.24, 2.45) is 5.73 Å². The number of rotatable bonds is 7. The Balaban J connectivity index is 2.22. The molecule has 0 saturated carbocycles. The van der Waals surface area contributed by atoms with Gasteiger partial charge in [0, 0.05) is 5.56 Å². The molecule has 0 aliphatic heterocycles. The Morgan fingerprint density at radius 1 is 1.18 bits per heavy atom. The molecule has 174 valence electrons. The van der Waals surface area contributed by atoms with Crippen molar-refractivity contribution in [3.05, 3.63) is 81.9 Å². The number of nitrogens with zero attached hydrogens (tertiary/aromatic N) is 2. The monoisotopic (exact) mass is 463 g/mol. The quantitative estimate of drug-likeness (QED) is 0.370. The Morgan fingerprint density at radius 2 is 1.94 bits per heavy atom. The maximum atomic E-state index is 6.46. The first-order valence-electron chi connectivity index (χ1n) is 11.4. The molecule has 0 spiro atoms. The van der Waals surface area contributed by atoms with E-state index >= 15 is 0 Å². The molecule has 3 aromatic rings. The van der Waals surface area contributed by atoms with Crippen molar-refractivity contribution in [3.8, 4) is 22.8 Å². The first kappa shape index (κ1) is 24.9. The van der Waals surface area contributed by atoms with Crippen LogP contribution < -0.4 is 5.73 Å². The van der Waals surface area contributed by atoms with Crippen LogP contribution in [-0.2, 0) is 11.8 Å². The molecule has 0 saturated heterocycles. The van der Waals surface area contributed by atoms with Crippen molar-refractivity contribution in [2.75, 3.05) is 6.54 Å². The number of nitrogens with two attached hydrogens (primary N) is 1. The average molecular weight is 464 g/mol. The number of allylic oxidation sites excluding steroid dienone is 4. The van der Waals surface area contributed by atoms with Gasteiger partial charge in [0.25, 0.3) is 5.89 Å². The molecule has 4 nitrogen and oxygen atoms in total. The second-order valence-corrected chi connectivity index (χ2v) is 9.84. The van der Waals surface area contributed by atoms with E-state index in [9.17, 15) is 0 Å². The van der Waals surface area contributed by atoms with Crippen molar-refractivity contribution in [3.63, 3.8) is 0 Å². The Morgan fingerprint density at radius 3 is 2.58 bits per heavy atom. The Labute approximate surface area is 202 Å². The Hall–Kier alpha value is -2.69. The highest BCUT2D eigenvalue weighted by Gasteiger charge is 2.24. The fourth-order valence-electron chi connectivity index (χ4n) is 3.94. The number of hydrogen-bond acceptors (Lipinski definition) is 4. The number of halogens is 1.